The van der Waals surface area contributed by atoms with Gasteiger partial charge in [0.05, 0.1) is 0 Å². The minimum atomic E-state index is -0.124. The molecule has 1 aromatic carbocycles. The second kappa shape index (κ2) is 3.16. The quantitative estimate of drug-likeness (QED) is 0.774. The van der Waals surface area contributed by atoms with E-state index in [0.717, 1.165) is 9.86 Å². The van der Waals surface area contributed by atoms with Crippen LogP contribution in [-0.2, 0) is 0 Å². The van der Waals surface area contributed by atoms with Gasteiger partial charge in [0.15, 0.2) is 0 Å². The summed E-state index contributed by atoms with van der Waals surface area (Å²) < 4.78 is 0.807. The van der Waals surface area contributed by atoms with Crippen LogP contribution >= 0.6 is 27.5 Å². The molecule has 0 aliphatic heterocycles. The molecule has 0 saturated heterocycles. The first kappa shape index (κ1) is 8.78. The fourth-order valence-corrected chi connectivity index (χ4v) is 2.09. The molecule has 2 nitrogen and oxygen atoms in total. The first-order valence-corrected chi connectivity index (χ1v) is 4.82. The molecule has 1 heterocycles. The van der Waals surface area contributed by atoms with Crippen LogP contribution in [0.2, 0.25) is 5.02 Å². The minimum Gasteiger partial charge on any atom is -0.329 e. The molecule has 4 heteroatoms. The molecule has 0 bridgehead atoms. The zero-order valence-corrected chi connectivity index (χ0v) is 8.82. The number of hydrogen-bond donors (Lipinski definition) is 1. The first-order valence-electron chi connectivity index (χ1n) is 3.65. The number of aromatic amines is 1. The van der Waals surface area contributed by atoms with Crippen molar-refractivity contribution in [2.75, 3.05) is 0 Å². The van der Waals surface area contributed by atoms with Crippen molar-refractivity contribution >= 4 is 38.3 Å². The maximum absolute atomic E-state index is 11.3. The van der Waals surface area contributed by atoms with E-state index in [9.17, 15) is 4.79 Å². The van der Waals surface area contributed by atoms with E-state index in [1.54, 1.807) is 24.4 Å². The molecule has 0 aliphatic rings. The van der Waals surface area contributed by atoms with Gasteiger partial charge in [0.2, 0.25) is 0 Å². The lowest BCUT2D eigenvalue weighted by Crippen LogP contribution is -2.04. The van der Waals surface area contributed by atoms with Crippen molar-refractivity contribution in [3.05, 3.63) is 44.2 Å². The van der Waals surface area contributed by atoms with E-state index < -0.39 is 0 Å². The third-order valence-electron chi connectivity index (χ3n) is 1.80. The average Bonchev–Trinajstić information content (AvgIpc) is 2.07. The standard InChI is InChI=1S/C9H5BrClNO/c10-5-3-7-6(8(11)4-5)1-2-12-9(7)13/h1-4H,(H,12,13). The molecule has 0 saturated carbocycles. The van der Waals surface area contributed by atoms with E-state index in [2.05, 4.69) is 20.9 Å². The Morgan fingerprint density at radius 2 is 2.08 bits per heavy atom. The molecule has 13 heavy (non-hydrogen) atoms. The van der Waals surface area contributed by atoms with Crippen molar-refractivity contribution in [1.82, 2.24) is 4.98 Å². The molecule has 2 rings (SSSR count). The van der Waals surface area contributed by atoms with Crippen LogP contribution in [0.25, 0.3) is 10.8 Å². The van der Waals surface area contributed by atoms with Crippen LogP contribution in [0, 0.1) is 0 Å². The third-order valence-corrected chi connectivity index (χ3v) is 2.57. The third kappa shape index (κ3) is 1.49. The lowest BCUT2D eigenvalue weighted by molar-refractivity contribution is 1.28. The topological polar surface area (TPSA) is 32.9 Å². The van der Waals surface area contributed by atoms with Gasteiger partial charge in [-0.05, 0) is 18.2 Å². The lowest BCUT2D eigenvalue weighted by Gasteiger charge is -1.99. The molecule has 1 N–H and O–H groups in total. The summed E-state index contributed by atoms with van der Waals surface area (Å²) in [7, 11) is 0. The Morgan fingerprint density at radius 3 is 2.85 bits per heavy atom. The van der Waals surface area contributed by atoms with Crippen molar-refractivity contribution in [3.8, 4) is 0 Å². The van der Waals surface area contributed by atoms with Gasteiger partial charge in [0.1, 0.15) is 0 Å². The van der Waals surface area contributed by atoms with Crippen molar-refractivity contribution in [3.63, 3.8) is 0 Å². The normalized spacial score (nSPS) is 10.6. The molecule has 0 fully saturated rings. The molecule has 1 aromatic heterocycles. The highest BCUT2D eigenvalue weighted by Gasteiger charge is 2.02. The number of rotatable bonds is 0. The number of halogens is 2. The van der Waals surface area contributed by atoms with Crippen LogP contribution in [0.3, 0.4) is 0 Å². The summed E-state index contributed by atoms with van der Waals surface area (Å²) in [4.78, 5) is 13.9. The fraction of sp³-hybridized carbons (Fsp3) is 0. The molecule has 0 atom stereocenters. The molecule has 0 aliphatic carbocycles. The molecule has 0 radical (unpaired) electrons. The van der Waals surface area contributed by atoms with Crippen LogP contribution in [-0.4, -0.2) is 4.98 Å². The maximum Gasteiger partial charge on any atom is 0.255 e. The highest BCUT2D eigenvalue weighted by atomic mass is 79.9. The van der Waals surface area contributed by atoms with Crippen molar-refractivity contribution in [2.45, 2.75) is 0 Å². The highest BCUT2D eigenvalue weighted by Crippen LogP contribution is 2.25. The predicted octanol–water partition coefficient (Wildman–Crippen LogP) is 2.94. The SMILES string of the molecule is O=c1[nH]ccc2c(Cl)cc(Br)cc12. The van der Waals surface area contributed by atoms with E-state index in [0.29, 0.717) is 10.4 Å². The largest absolute Gasteiger partial charge is 0.329 e. The predicted molar refractivity (Wildman–Crippen MR) is 57.3 cm³/mol. The van der Waals surface area contributed by atoms with Crippen molar-refractivity contribution < 1.29 is 0 Å². The Hall–Kier alpha value is -0.800. The number of hydrogen-bond acceptors (Lipinski definition) is 1. The van der Waals surface area contributed by atoms with Crippen LogP contribution < -0.4 is 5.56 Å². The summed E-state index contributed by atoms with van der Waals surface area (Å²) in [6.07, 6.45) is 1.59. The number of H-pyrrole nitrogens is 1. The summed E-state index contributed by atoms with van der Waals surface area (Å²) in [6.45, 7) is 0. The Balaban J connectivity index is 3.03. The van der Waals surface area contributed by atoms with Crippen molar-refractivity contribution in [1.29, 1.82) is 0 Å². The number of aromatic nitrogens is 1. The van der Waals surface area contributed by atoms with Crippen LogP contribution in [0.1, 0.15) is 0 Å². The summed E-state index contributed by atoms with van der Waals surface area (Å²) >= 11 is 9.23. The monoisotopic (exact) mass is 257 g/mol. The molecule has 0 amide bonds. The Morgan fingerprint density at radius 1 is 1.31 bits per heavy atom. The summed E-state index contributed by atoms with van der Waals surface area (Å²) in [5, 5.41) is 1.95. The molecule has 66 valence electrons. The van der Waals surface area contributed by atoms with E-state index in [4.69, 9.17) is 11.6 Å². The van der Waals surface area contributed by atoms with E-state index >= 15 is 0 Å². The smallest absolute Gasteiger partial charge is 0.255 e. The summed E-state index contributed by atoms with van der Waals surface area (Å²) in [5.74, 6) is 0. The number of nitrogens with one attached hydrogen (secondary N) is 1. The van der Waals surface area contributed by atoms with Gasteiger partial charge in [-0.3, -0.25) is 4.79 Å². The average molecular weight is 259 g/mol. The van der Waals surface area contributed by atoms with Gasteiger partial charge in [-0.2, -0.15) is 0 Å². The van der Waals surface area contributed by atoms with Gasteiger partial charge in [0, 0.05) is 26.5 Å². The van der Waals surface area contributed by atoms with E-state index in [1.165, 1.54) is 0 Å². The number of fused-ring (bicyclic) bond motifs is 1. The maximum atomic E-state index is 11.3. The zero-order valence-electron chi connectivity index (χ0n) is 6.47. The Kier molecular flexibility index (Phi) is 2.14. The van der Waals surface area contributed by atoms with Gasteiger partial charge >= 0.3 is 0 Å². The van der Waals surface area contributed by atoms with Gasteiger partial charge in [0.25, 0.3) is 5.56 Å². The molecule has 2 aromatic rings. The second-order valence-corrected chi connectivity index (χ2v) is 3.98. The summed E-state index contributed by atoms with van der Waals surface area (Å²) in [6, 6.07) is 5.30. The van der Waals surface area contributed by atoms with E-state index in [-0.39, 0.29) is 5.56 Å². The van der Waals surface area contributed by atoms with Gasteiger partial charge in [-0.1, -0.05) is 27.5 Å². The lowest BCUT2D eigenvalue weighted by atomic mass is 10.2. The second-order valence-electron chi connectivity index (χ2n) is 2.66. The van der Waals surface area contributed by atoms with Crippen LogP contribution in [0.15, 0.2) is 33.7 Å². The Bertz CT molecular complexity index is 520. The molecule has 0 spiro atoms. The first-order chi connectivity index (χ1) is 6.18. The minimum absolute atomic E-state index is 0.124. The Labute approximate surface area is 87.7 Å². The van der Waals surface area contributed by atoms with Gasteiger partial charge in [-0.15, -0.1) is 0 Å². The highest BCUT2D eigenvalue weighted by molar-refractivity contribution is 9.10. The number of benzene rings is 1. The zero-order chi connectivity index (χ0) is 9.42. The molecular formula is C9H5BrClNO. The van der Waals surface area contributed by atoms with E-state index in [1.807, 2.05) is 0 Å². The fourth-order valence-electron chi connectivity index (χ4n) is 1.22. The van der Waals surface area contributed by atoms with Crippen molar-refractivity contribution in [2.24, 2.45) is 0 Å². The summed E-state index contributed by atoms with van der Waals surface area (Å²) in [5.41, 5.74) is -0.124. The van der Waals surface area contributed by atoms with Crippen LogP contribution in [0.5, 0.6) is 0 Å². The van der Waals surface area contributed by atoms with Gasteiger partial charge < -0.3 is 4.98 Å². The molecular weight excluding hydrogens is 253 g/mol. The molecule has 0 unspecified atom stereocenters. The number of pyridine rings is 1. The van der Waals surface area contributed by atoms with Crippen LogP contribution in [0.4, 0.5) is 0 Å². The van der Waals surface area contributed by atoms with Gasteiger partial charge in [-0.25, -0.2) is 0 Å².